The summed E-state index contributed by atoms with van der Waals surface area (Å²) in [6, 6.07) is 26.3. The molecule has 4 aromatic rings. The predicted molar refractivity (Wildman–Crippen MR) is 135 cm³/mol. The molecule has 1 saturated heterocycles. The Kier molecular flexibility index (Phi) is 6.53. The Labute approximate surface area is 204 Å². The predicted octanol–water partition coefficient (Wildman–Crippen LogP) is 5.84. The third kappa shape index (κ3) is 4.92. The van der Waals surface area contributed by atoms with Crippen molar-refractivity contribution in [2.24, 2.45) is 5.92 Å². The number of methoxy groups -OCH3 is 1. The summed E-state index contributed by atoms with van der Waals surface area (Å²) >= 11 is 0. The zero-order valence-electron chi connectivity index (χ0n) is 19.6. The highest BCUT2D eigenvalue weighted by molar-refractivity contribution is 5.98. The molecule has 0 aliphatic carbocycles. The number of carbonyl (C=O) groups is 2. The van der Waals surface area contributed by atoms with E-state index in [1.807, 2.05) is 60.7 Å². The molecule has 2 amide bonds. The Balaban J connectivity index is 1.27. The standard InChI is InChI=1S/C29H28N2O4/c1-34-24-13-11-21(12-14-24)28(32)22-15-17-31(18-16-22)29(33)30-27(20-7-3-2-4-8-20)26-19-23-9-5-6-10-25(23)35-26/h2-14,19,22,27H,15-18H2,1H3,(H,30,33). The highest BCUT2D eigenvalue weighted by Gasteiger charge is 2.30. The number of hydrogen-bond donors (Lipinski definition) is 1. The van der Waals surface area contributed by atoms with Crippen LogP contribution in [0.2, 0.25) is 0 Å². The van der Waals surface area contributed by atoms with Gasteiger partial charge in [-0.2, -0.15) is 0 Å². The zero-order valence-corrected chi connectivity index (χ0v) is 19.6. The molecular formula is C29H28N2O4. The molecule has 1 fully saturated rings. The lowest BCUT2D eigenvalue weighted by atomic mass is 9.89. The van der Waals surface area contributed by atoms with Crippen LogP contribution >= 0.6 is 0 Å². The average Bonchev–Trinajstić information content (AvgIpc) is 3.36. The number of nitrogens with zero attached hydrogens (tertiary/aromatic N) is 1. The van der Waals surface area contributed by atoms with Crippen LogP contribution in [0.15, 0.2) is 89.3 Å². The number of urea groups is 1. The fourth-order valence-electron chi connectivity index (χ4n) is 4.66. The summed E-state index contributed by atoms with van der Waals surface area (Å²) in [4.78, 5) is 28.0. The van der Waals surface area contributed by atoms with Crippen LogP contribution in [0.5, 0.6) is 5.75 Å². The number of hydrogen-bond acceptors (Lipinski definition) is 4. The smallest absolute Gasteiger partial charge is 0.318 e. The summed E-state index contributed by atoms with van der Waals surface area (Å²) in [5, 5.41) is 4.16. The van der Waals surface area contributed by atoms with Crippen molar-refractivity contribution >= 4 is 22.8 Å². The lowest BCUT2D eigenvalue weighted by molar-refractivity contribution is 0.0853. The van der Waals surface area contributed by atoms with E-state index < -0.39 is 6.04 Å². The number of nitrogens with one attached hydrogen (secondary N) is 1. The van der Waals surface area contributed by atoms with Gasteiger partial charge in [-0.05, 0) is 54.8 Å². The van der Waals surface area contributed by atoms with E-state index in [1.54, 1.807) is 36.3 Å². The van der Waals surface area contributed by atoms with Gasteiger partial charge in [0, 0.05) is 30.0 Å². The van der Waals surface area contributed by atoms with Crippen LogP contribution in [-0.2, 0) is 0 Å². The molecule has 5 rings (SSSR count). The van der Waals surface area contributed by atoms with Gasteiger partial charge in [-0.3, -0.25) is 4.79 Å². The summed E-state index contributed by atoms with van der Waals surface area (Å²) in [5.74, 6) is 1.45. The molecule has 178 valence electrons. The van der Waals surface area contributed by atoms with E-state index in [0.29, 0.717) is 37.3 Å². The number of carbonyl (C=O) groups excluding carboxylic acids is 2. The molecule has 1 aliphatic rings. The molecule has 6 heteroatoms. The van der Waals surface area contributed by atoms with Crippen LogP contribution in [-0.4, -0.2) is 36.9 Å². The molecule has 1 aromatic heterocycles. The number of piperidine rings is 1. The van der Waals surface area contributed by atoms with Gasteiger partial charge >= 0.3 is 6.03 Å². The molecule has 2 heterocycles. The number of ether oxygens (including phenoxy) is 1. The number of ketones is 1. The van der Waals surface area contributed by atoms with E-state index in [-0.39, 0.29) is 17.7 Å². The minimum absolute atomic E-state index is 0.0901. The Hall–Kier alpha value is -4.06. The van der Waals surface area contributed by atoms with Crippen molar-refractivity contribution in [3.8, 4) is 5.75 Å². The van der Waals surface area contributed by atoms with E-state index in [1.165, 1.54) is 0 Å². The summed E-state index contributed by atoms with van der Waals surface area (Å²) in [5.41, 5.74) is 2.42. The highest BCUT2D eigenvalue weighted by atomic mass is 16.5. The van der Waals surface area contributed by atoms with Crippen LogP contribution in [0, 0.1) is 5.92 Å². The van der Waals surface area contributed by atoms with Crippen molar-refractivity contribution in [1.29, 1.82) is 0 Å². The van der Waals surface area contributed by atoms with Crippen molar-refractivity contribution in [3.63, 3.8) is 0 Å². The van der Waals surface area contributed by atoms with Crippen molar-refractivity contribution in [1.82, 2.24) is 10.2 Å². The number of furan rings is 1. The Morgan fingerprint density at radius 2 is 1.63 bits per heavy atom. The number of para-hydroxylation sites is 1. The lowest BCUT2D eigenvalue weighted by Crippen LogP contribution is -2.46. The van der Waals surface area contributed by atoms with Crippen LogP contribution in [0.1, 0.15) is 40.6 Å². The topological polar surface area (TPSA) is 71.8 Å². The third-order valence-electron chi connectivity index (χ3n) is 6.66. The fourth-order valence-corrected chi connectivity index (χ4v) is 4.66. The van der Waals surface area contributed by atoms with Gasteiger partial charge in [0.05, 0.1) is 7.11 Å². The zero-order chi connectivity index (χ0) is 24.2. The number of amides is 2. The number of benzene rings is 3. The molecule has 1 N–H and O–H groups in total. The molecule has 1 atom stereocenters. The molecule has 0 radical (unpaired) electrons. The summed E-state index contributed by atoms with van der Waals surface area (Å²) in [6.07, 6.45) is 1.28. The quantitative estimate of drug-likeness (QED) is 0.361. The Bertz CT molecular complexity index is 1270. The Morgan fingerprint density at radius 3 is 2.31 bits per heavy atom. The van der Waals surface area contributed by atoms with Crippen molar-refractivity contribution in [2.45, 2.75) is 18.9 Å². The summed E-state index contributed by atoms with van der Waals surface area (Å²) in [7, 11) is 1.61. The number of likely N-dealkylation sites (tertiary alicyclic amines) is 1. The van der Waals surface area contributed by atoms with Gasteiger partial charge in [-0.1, -0.05) is 48.5 Å². The molecule has 3 aromatic carbocycles. The third-order valence-corrected chi connectivity index (χ3v) is 6.66. The number of rotatable bonds is 6. The van der Waals surface area contributed by atoms with E-state index in [0.717, 1.165) is 22.3 Å². The lowest BCUT2D eigenvalue weighted by Gasteiger charge is -2.32. The van der Waals surface area contributed by atoms with Gasteiger partial charge < -0.3 is 19.4 Å². The van der Waals surface area contributed by atoms with Crippen molar-refractivity contribution in [3.05, 3.63) is 102 Å². The number of fused-ring (bicyclic) bond motifs is 1. The van der Waals surface area contributed by atoms with Gasteiger partial charge in [-0.15, -0.1) is 0 Å². The maximum atomic E-state index is 13.3. The minimum Gasteiger partial charge on any atom is -0.497 e. The molecule has 6 nitrogen and oxygen atoms in total. The fraction of sp³-hybridized carbons (Fsp3) is 0.241. The van der Waals surface area contributed by atoms with Crippen LogP contribution in [0.3, 0.4) is 0 Å². The van der Waals surface area contributed by atoms with Crippen molar-refractivity contribution in [2.75, 3.05) is 20.2 Å². The first-order valence-corrected chi connectivity index (χ1v) is 11.9. The van der Waals surface area contributed by atoms with Gasteiger partial charge in [0.15, 0.2) is 5.78 Å². The molecule has 0 bridgehead atoms. The second-order valence-electron chi connectivity index (χ2n) is 8.83. The average molecular weight is 469 g/mol. The maximum absolute atomic E-state index is 13.3. The van der Waals surface area contributed by atoms with Gasteiger partial charge in [0.1, 0.15) is 23.1 Å². The second kappa shape index (κ2) is 10.1. The normalized spacial score (nSPS) is 15.1. The Morgan fingerprint density at radius 1 is 0.943 bits per heavy atom. The molecule has 0 saturated carbocycles. The molecule has 0 spiro atoms. The maximum Gasteiger partial charge on any atom is 0.318 e. The summed E-state index contributed by atoms with van der Waals surface area (Å²) < 4.78 is 11.3. The molecule has 1 aliphatic heterocycles. The van der Waals surface area contributed by atoms with Crippen LogP contribution < -0.4 is 10.1 Å². The molecule has 1 unspecified atom stereocenters. The SMILES string of the molecule is COc1ccc(C(=O)C2CCN(C(=O)NC(c3ccccc3)c3cc4ccccc4o3)CC2)cc1. The first-order valence-electron chi connectivity index (χ1n) is 11.9. The summed E-state index contributed by atoms with van der Waals surface area (Å²) in [6.45, 7) is 1.06. The van der Waals surface area contributed by atoms with Gasteiger partial charge in [0.25, 0.3) is 0 Å². The highest BCUT2D eigenvalue weighted by Crippen LogP contribution is 2.29. The first-order chi connectivity index (χ1) is 17.1. The van der Waals surface area contributed by atoms with Crippen molar-refractivity contribution < 1.29 is 18.7 Å². The largest absolute Gasteiger partial charge is 0.497 e. The van der Waals surface area contributed by atoms with E-state index >= 15 is 0 Å². The van der Waals surface area contributed by atoms with E-state index in [2.05, 4.69) is 5.32 Å². The van der Waals surface area contributed by atoms with Crippen LogP contribution in [0.25, 0.3) is 11.0 Å². The monoisotopic (exact) mass is 468 g/mol. The molecule has 35 heavy (non-hydrogen) atoms. The van der Waals surface area contributed by atoms with Gasteiger partial charge in [-0.25, -0.2) is 4.79 Å². The minimum atomic E-state index is -0.408. The van der Waals surface area contributed by atoms with E-state index in [4.69, 9.17) is 9.15 Å². The second-order valence-corrected chi connectivity index (χ2v) is 8.83. The van der Waals surface area contributed by atoms with Crippen LogP contribution in [0.4, 0.5) is 4.79 Å². The molecular weight excluding hydrogens is 440 g/mol. The number of Topliss-reactive ketones (excluding diaryl/α,β-unsaturated/α-hetero) is 1. The first kappa shape index (κ1) is 22.7. The van der Waals surface area contributed by atoms with Gasteiger partial charge in [0.2, 0.25) is 0 Å². The van der Waals surface area contributed by atoms with E-state index in [9.17, 15) is 9.59 Å².